The number of nitrogens with one attached hydrogen (secondary N) is 2. The Hall–Kier alpha value is -2.82. The molecule has 1 aliphatic rings. The second-order valence-electron chi connectivity index (χ2n) is 6.93. The minimum atomic E-state index is -0.0960. The lowest BCUT2D eigenvalue weighted by molar-refractivity contribution is 0.578. The van der Waals surface area contributed by atoms with Crippen LogP contribution in [0.15, 0.2) is 53.3 Å². The molecule has 0 spiro atoms. The monoisotopic (exact) mass is 348 g/mol. The summed E-state index contributed by atoms with van der Waals surface area (Å²) in [6, 6.07) is 15.8. The molecule has 1 atom stereocenters. The van der Waals surface area contributed by atoms with E-state index in [0.717, 1.165) is 24.3 Å². The fourth-order valence-corrected chi connectivity index (χ4v) is 3.57. The number of hydrogen-bond donors (Lipinski definition) is 2. The summed E-state index contributed by atoms with van der Waals surface area (Å²) in [4.78, 5) is 22.3. The summed E-state index contributed by atoms with van der Waals surface area (Å²) in [7, 11) is 0. The number of para-hydroxylation sites is 1. The van der Waals surface area contributed by atoms with Gasteiger partial charge in [0.15, 0.2) is 0 Å². The number of benzene rings is 2. The molecule has 1 aliphatic heterocycles. The van der Waals surface area contributed by atoms with Gasteiger partial charge >= 0.3 is 0 Å². The van der Waals surface area contributed by atoms with Crippen molar-refractivity contribution in [1.82, 2.24) is 9.97 Å². The van der Waals surface area contributed by atoms with Gasteiger partial charge in [-0.1, -0.05) is 18.2 Å². The van der Waals surface area contributed by atoms with Gasteiger partial charge in [0.05, 0.1) is 16.9 Å². The van der Waals surface area contributed by atoms with E-state index in [-0.39, 0.29) is 11.6 Å². The Labute approximate surface area is 153 Å². The summed E-state index contributed by atoms with van der Waals surface area (Å²) in [5.74, 6) is 0.650. The molecule has 26 heavy (non-hydrogen) atoms. The van der Waals surface area contributed by atoms with Crippen molar-refractivity contribution in [3.05, 3.63) is 64.7 Å². The highest BCUT2D eigenvalue weighted by atomic mass is 16.1. The number of aromatic amines is 1. The smallest absolute Gasteiger partial charge is 0.258 e. The topological polar surface area (TPSA) is 61.0 Å². The third-order valence-electron chi connectivity index (χ3n) is 4.99. The van der Waals surface area contributed by atoms with Crippen LogP contribution in [-0.2, 0) is 0 Å². The van der Waals surface area contributed by atoms with E-state index in [1.54, 1.807) is 6.07 Å². The summed E-state index contributed by atoms with van der Waals surface area (Å²) < 4.78 is 0. The van der Waals surface area contributed by atoms with E-state index in [1.807, 2.05) is 25.1 Å². The Balaban J connectivity index is 1.56. The van der Waals surface area contributed by atoms with E-state index in [4.69, 9.17) is 0 Å². The van der Waals surface area contributed by atoms with Crippen LogP contribution in [0.25, 0.3) is 10.9 Å². The van der Waals surface area contributed by atoms with Crippen molar-refractivity contribution in [2.24, 2.45) is 0 Å². The van der Waals surface area contributed by atoms with Gasteiger partial charge in [-0.05, 0) is 56.5 Å². The highest BCUT2D eigenvalue weighted by Crippen LogP contribution is 2.25. The van der Waals surface area contributed by atoms with Gasteiger partial charge in [0.25, 0.3) is 5.56 Å². The first-order valence-corrected chi connectivity index (χ1v) is 9.31. The van der Waals surface area contributed by atoms with Crippen molar-refractivity contribution >= 4 is 22.3 Å². The number of piperidine rings is 1. The number of hydrogen-bond acceptors (Lipinski definition) is 4. The highest BCUT2D eigenvalue weighted by molar-refractivity contribution is 5.77. The number of nitrogens with zero attached hydrogens (tertiary/aromatic N) is 2. The maximum Gasteiger partial charge on any atom is 0.258 e. The van der Waals surface area contributed by atoms with Crippen molar-refractivity contribution < 1.29 is 0 Å². The van der Waals surface area contributed by atoms with E-state index in [2.05, 4.69) is 44.5 Å². The molecule has 3 aromatic rings. The average Bonchev–Trinajstić information content (AvgIpc) is 2.69. The van der Waals surface area contributed by atoms with E-state index in [1.165, 1.54) is 24.9 Å². The zero-order valence-electron chi connectivity index (χ0n) is 15.0. The first kappa shape index (κ1) is 16.6. The summed E-state index contributed by atoms with van der Waals surface area (Å²) >= 11 is 0. The van der Waals surface area contributed by atoms with Crippen LogP contribution in [0.3, 0.4) is 0 Å². The molecule has 134 valence electrons. The molecular formula is C21H24N4O. The lowest BCUT2D eigenvalue weighted by Gasteiger charge is -2.29. The first-order chi connectivity index (χ1) is 12.7. The van der Waals surface area contributed by atoms with Gasteiger partial charge in [-0.3, -0.25) is 4.79 Å². The van der Waals surface area contributed by atoms with Gasteiger partial charge in [0, 0.05) is 24.5 Å². The van der Waals surface area contributed by atoms with E-state index < -0.39 is 0 Å². The third-order valence-corrected chi connectivity index (χ3v) is 4.99. The van der Waals surface area contributed by atoms with Crippen molar-refractivity contribution in [1.29, 1.82) is 0 Å². The molecule has 2 heterocycles. The summed E-state index contributed by atoms with van der Waals surface area (Å²) in [6.07, 6.45) is 3.85. The van der Waals surface area contributed by atoms with Crippen LogP contribution in [0.2, 0.25) is 0 Å². The van der Waals surface area contributed by atoms with Crippen LogP contribution >= 0.6 is 0 Å². The van der Waals surface area contributed by atoms with Crippen molar-refractivity contribution in [2.45, 2.75) is 32.2 Å². The Morgan fingerprint density at radius 3 is 2.73 bits per heavy atom. The Kier molecular flexibility index (Phi) is 4.61. The number of rotatable bonds is 4. The molecule has 0 aliphatic carbocycles. The lowest BCUT2D eigenvalue weighted by atomic mass is 10.1. The molecule has 0 amide bonds. The zero-order chi connectivity index (χ0) is 17.9. The standard InChI is InChI=1S/C21H24N4O/c1-15(20-23-19-11-4-3-10-18(19)21(26)24-20)22-16-8-7-9-17(14-16)25-12-5-2-6-13-25/h3-4,7-11,14-15,22H,2,5-6,12-13H2,1H3,(H,23,24,26)/t15-/m0/s1. The van der Waals surface area contributed by atoms with E-state index in [9.17, 15) is 4.79 Å². The molecule has 1 saturated heterocycles. The number of H-pyrrole nitrogens is 1. The Morgan fingerprint density at radius 1 is 1.08 bits per heavy atom. The maximum atomic E-state index is 12.3. The van der Waals surface area contributed by atoms with E-state index in [0.29, 0.717) is 11.2 Å². The predicted octanol–water partition coefficient (Wildman–Crippen LogP) is 4.09. The number of fused-ring (bicyclic) bond motifs is 1. The minimum absolute atomic E-state index is 0.0936. The summed E-state index contributed by atoms with van der Waals surface area (Å²) in [5, 5.41) is 4.09. The van der Waals surface area contributed by atoms with Crippen LogP contribution in [-0.4, -0.2) is 23.1 Å². The second-order valence-corrected chi connectivity index (χ2v) is 6.93. The molecule has 5 nitrogen and oxygen atoms in total. The lowest BCUT2D eigenvalue weighted by Crippen LogP contribution is -2.29. The SMILES string of the molecule is C[C@H](Nc1cccc(N2CCCCC2)c1)c1nc2ccccc2c(=O)[nH]1. The third kappa shape index (κ3) is 3.43. The van der Waals surface area contributed by atoms with Crippen LogP contribution in [0, 0.1) is 0 Å². The molecular weight excluding hydrogens is 324 g/mol. The van der Waals surface area contributed by atoms with Gasteiger partial charge in [-0.2, -0.15) is 0 Å². The predicted molar refractivity (Wildman–Crippen MR) is 107 cm³/mol. The molecule has 0 unspecified atom stereocenters. The van der Waals surface area contributed by atoms with Gasteiger partial charge in [0.2, 0.25) is 0 Å². The largest absolute Gasteiger partial charge is 0.375 e. The maximum absolute atomic E-state index is 12.3. The van der Waals surface area contributed by atoms with Crippen molar-refractivity contribution in [3.63, 3.8) is 0 Å². The molecule has 0 radical (unpaired) electrons. The number of aromatic nitrogens is 2. The van der Waals surface area contributed by atoms with Gasteiger partial charge in [-0.15, -0.1) is 0 Å². The zero-order valence-corrected chi connectivity index (χ0v) is 15.0. The molecule has 2 aromatic carbocycles. The fraction of sp³-hybridized carbons (Fsp3) is 0.333. The quantitative estimate of drug-likeness (QED) is 0.746. The van der Waals surface area contributed by atoms with Crippen LogP contribution < -0.4 is 15.8 Å². The Morgan fingerprint density at radius 2 is 1.88 bits per heavy atom. The van der Waals surface area contributed by atoms with Gasteiger partial charge in [-0.25, -0.2) is 4.98 Å². The number of anilines is 2. The summed E-state index contributed by atoms with van der Waals surface area (Å²) in [6.45, 7) is 4.26. The molecule has 2 N–H and O–H groups in total. The molecule has 1 aromatic heterocycles. The first-order valence-electron chi connectivity index (χ1n) is 9.31. The molecule has 4 rings (SSSR count). The van der Waals surface area contributed by atoms with E-state index >= 15 is 0 Å². The van der Waals surface area contributed by atoms with Crippen LogP contribution in [0.4, 0.5) is 11.4 Å². The minimum Gasteiger partial charge on any atom is -0.375 e. The Bertz CT molecular complexity index is 959. The molecule has 0 saturated carbocycles. The van der Waals surface area contributed by atoms with Gasteiger partial charge in [0.1, 0.15) is 5.82 Å². The van der Waals surface area contributed by atoms with Crippen LogP contribution in [0.1, 0.15) is 38.1 Å². The van der Waals surface area contributed by atoms with Crippen LogP contribution in [0.5, 0.6) is 0 Å². The average molecular weight is 348 g/mol. The summed E-state index contributed by atoms with van der Waals surface area (Å²) in [5.41, 5.74) is 2.92. The highest BCUT2D eigenvalue weighted by Gasteiger charge is 2.13. The fourth-order valence-electron chi connectivity index (χ4n) is 3.57. The van der Waals surface area contributed by atoms with Crippen molar-refractivity contribution in [3.8, 4) is 0 Å². The van der Waals surface area contributed by atoms with Crippen molar-refractivity contribution in [2.75, 3.05) is 23.3 Å². The second kappa shape index (κ2) is 7.20. The molecule has 1 fully saturated rings. The molecule has 5 heteroatoms. The molecule has 0 bridgehead atoms. The normalized spacial score (nSPS) is 15.8. The van der Waals surface area contributed by atoms with Gasteiger partial charge < -0.3 is 15.2 Å².